The molecule has 20 heavy (non-hydrogen) atoms. The van der Waals surface area contributed by atoms with Crippen molar-refractivity contribution in [2.75, 3.05) is 6.54 Å². The maximum Gasteiger partial charge on any atom is 0.264 e. The fourth-order valence-corrected chi connectivity index (χ4v) is 3.12. The van der Waals surface area contributed by atoms with E-state index >= 15 is 0 Å². The highest BCUT2D eigenvalue weighted by Gasteiger charge is 2.39. The number of amides is 2. The van der Waals surface area contributed by atoms with Gasteiger partial charge in [-0.05, 0) is 30.2 Å². The van der Waals surface area contributed by atoms with Crippen LogP contribution in [0, 0.1) is 11.8 Å². The molecule has 2 atom stereocenters. The van der Waals surface area contributed by atoms with Gasteiger partial charge in [0.2, 0.25) is 11.8 Å². The topological polar surface area (TPSA) is 92.3 Å². The summed E-state index contributed by atoms with van der Waals surface area (Å²) in [6.07, 6.45) is 0. The minimum atomic E-state index is -4.00. The third kappa shape index (κ3) is 2.94. The lowest BCUT2D eigenvalue weighted by molar-refractivity contribution is -0.132. The molecule has 2 unspecified atom stereocenters. The van der Waals surface area contributed by atoms with Crippen LogP contribution >= 0.6 is 11.6 Å². The van der Waals surface area contributed by atoms with Gasteiger partial charge >= 0.3 is 0 Å². The first-order valence-electron chi connectivity index (χ1n) is 5.91. The van der Waals surface area contributed by atoms with Crippen molar-refractivity contribution >= 4 is 33.4 Å². The monoisotopic (exact) mass is 316 g/mol. The molecule has 108 valence electrons. The second kappa shape index (κ2) is 5.41. The van der Waals surface area contributed by atoms with Gasteiger partial charge in [-0.2, -0.15) is 0 Å². The van der Waals surface area contributed by atoms with E-state index in [1.165, 1.54) is 24.3 Å². The molecular formula is C12H13ClN2O4S. The summed E-state index contributed by atoms with van der Waals surface area (Å²) in [7, 11) is -4.00. The third-order valence-electron chi connectivity index (χ3n) is 3.09. The molecule has 0 bridgehead atoms. The number of benzene rings is 1. The smallest absolute Gasteiger partial charge is 0.264 e. The van der Waals surface area contributed by atoms with Crippen molar-refractivity contribution in [2.45, 2.75) is 11.8 Å². The second-order valence-electron chi connectivity index (χ2n) is 4.62. The van der Waals surface area contributed by atoms with Crippen LogP contribution in [0.1, 0.15) is 6.92 Å². The number of rotatable bonds is 3. The van der Waals surface area contributed by atoms with E-state index in [0.29, 0.717) is 11.6 Å². The van der Waals surface area contributed by atoms with Gasteiger partial charge in [0.25, 0.3) is 10.0 Å². The van der Waals surface area contributed by atoms with Crippen molar-refractivity contribution in [1.29, 1.82) is 0 Å². The number of carbonyl (C=O) groups is 2. The molecule has 0 saturated carbocycles. The summed E-state index contributed by atoms with van der Waals surface area (Å²) >= 11 is 5.67. The van der Waals surface area contributed by atoms with E-state index in [2.05, 4.69) is 5.32 Å². The summed E-state index contributed by atoms with van der Waals surface area (Å²) in [5, 5.41) is 2.91. The Morgan fingerprint density at radius 1 is 1.35 bits per heavy atom. The lowest BCUT2D eigenvalue weighted by Gasteiger charge is -2.13. The summed E-state index contributed by atoms with van der Waals surface area (Å²) in [4.78, 5) is 23.4. The van der Waals surface area contributed by atoms with Gasteiger partial charge in [-0.15, -0.1) is 0 Å². The first-order valence-corrected chi connectivity index (χ1v) is 7.77. The standard InChI is InChI=1S/C12H13ClN2O4S/c1-7-6-14-11(16)10(7)12(17)15-20(18,19)9-4-2-8(13)3-5-9/h2-5,7,10H,6H2,1H3,(H,14,16)(H,15,17). The minimum absolute atomic E-state index is 0.0821. The van der Waals surface area contributed by atoms with Gasteiger partial charge in [0.05, 0.1) is 4.90 Å². The maximum absolute atomic E-state index is 12.0. The highest BCUT2D eigenvalue weighted by molar-refractivity contribution is 7.90. The Balaban J connectivity index is 2.18. The number of sulfonamides is 1. The van der Waals surface area contributed by atoms with E-state index in [4.69, 9.17) is 11.6 Å². The van der Waals surface area contributed by atoms with Crippen LogP contribution < -0.4 is 10.0 Å². The molecule has 0 spiro atoms. The molecule has 1 heterocycles. The van der Waals surface area contributed by atoms with E-state index < -0.39 is 27.8 Å². The Bertz CT molecular complexity index is 642. The van der Waals surface area contributed by atoms with Gasteiger partial charge in [-0.1, -0.05) is 18.5 Å². The average Bonchev–Trinajstić information content (AvgIpc) is 2.69. The lowest BCUT2D eigenvalue weighted by Crippen LogP contribution is -2.40. The molecule has 1 aliphatic rings. The van der Waals surface area contributed by atoms with E-state index in [-0.39, 0.29) is 10.8 Å². The molecule has 0 radical (unpaired) electrons. The fraction of sp³-hybridized carbons (Fsp3) is 0.333. The van der Waals surface area contributed by atoms with Crippen LogP contribution in [0.4, 0.5) is 0 Å². The molecule has 2 amide bonds. The van der Waals surface area contributed by atoms with Gasteiger partial charge in [-0.3, -0.25) is 9.59 Å². The van der Waals surface area contributed by atoms with Crippen LogP contribution in [0.25, 0.3) is 0 Å². The van der Waals surface area contributed by atoms with Gasteiger partial charge in [0.15, 0.2) is 0 Å². The summed E-state index contributed by atoms with van der Waals surface area (Å²) in [6, 6.07) is 5.39. The normalized spacial score (nSPS) is 22.4. The molecule has 0 aromatic heterocycles. The van der Waals surface area contributed by atoms with Crippen molar-refractivity contribution in [3.8, 4) is 0 Å². The quantitative estimate of drug-likeness (QED) is 0.796. The molecular weight excluding hydrogens is 304 g/mol. The SMILES string of the molecule is CC1CNC(=O)C1C(=O)NS(=O)(=O)c1ccc(Cl)cc1. The van der Waals surface area contributed by atoms with Crippen LogP contribution in [0.3, 0.4) is 0 Å². The zero-order valence-electron chi connectivity index (χ0n) is 10.6. The Morgan fingerprint density at radius 3 is 2.45 bits per heavy atom. The first-order chi connectivity index (χ1) is 9.31. The largest absolute Gasteiger partial charge is 0.355 e. The van der Waals surface area contributed by atoms with Crippen LogP contribution in [-0.2, 0) is 19.6 Å². The van der Waals surface area contributed by atoms with Crippen molar-refractivity contribution < 1.29 is 18.0 Å². The summed E-state index contributed by atoms with van der Waals surface area (Å²) in [6.45, 7) is 2.06. The molecule has 1 saturated heterocycles. The Labute approximate surface area is 121 Å². The molecule has 6 nitrogen and oxygen atoms in total. The van der Waals surface area contributed by atoms with Gasteiger partial charge < -0.3 is 5.32 Å². The highest BCUT2D eigenvalue weighted by Crippen LogP contribution is 2.19. The average molecular weight is 317 g/mol. The second-order valence-corrected chi connectivity index (χ2v) is 6.74. The van der Waals surface area contributed by atoms with Gasteiger partial charge in [0.1, 0.15) is 5.92 Å². The Kier molecular flexibility index (Phi) is 4.01. The van der Waals surface area contributed by atoms with E-state index in [1.807, 2.05) is 4.72 Å². The highest BCUT2D eigenvalue weighted by atomic mass is 35.5. The molecule has 8 heteroatoms. The maximum atomic E-state index is 12.0. The summed E-state index contributed by atoms with van der Waals surface area (Å²) < 4.78 is 26.0. The molecule has 2 N–H and O–H groups in total. The molecule has 1 aromatic rings. The fourth-order valence-electron chi connectivity index (χ4n) is 1.99. The summed E-state index contributed by atoms with van der Waals surface area (Å²) in [5.74, 6) is -2.51. The summed E-state index contributed by atoms with van der Waals surface area (Å²) in [5.41, 5.74) is 0. The number of hydrogen-bond donors (Lipinski definition) is 2. The number of carbonyl (C=O) groups excluding carboxylic acids is 2. The van der Waals surface area contributed by atoms with E-state index in [1.54, 1.807) is 6.92 Å². The number of nitrogens with one attached hydrogen (secondary N) is 2. The van der Waals surface area contributed by atoms with Crippen molar-refractivity contribution in [3.63, 3.8) is 0 Å². The number of halogens is 1. The van der Waals surface area contributed by atoms with Crippen LogP contribution in [0.5, 0.6) is 0 Å². The number of hydrogen-bond acceptors (Lipinski definition) is 4. The zero-order chi connectivity index (χ0) is 14.9. The predicted molar refractivity (Wildman–Crippen MR) is 72.4 cm³/mol. The zero-order valence-corrected chi connectivity index (χ0v) is 12.2. The molecule has 0 aliphatic carbocycles. The van der Waals surface area contributed by atoms with Crippen LogP contribution in [-0.4, -0.2) is 26.8 Å². The minimum Gasteiger partial charge on any atom is -0.355 e. The molecule has 2 rings (SSSR count). The third-order valence-corrected chi connectivity index (χ3v) is 4.71. The Hall–Kier alpha value is -1.60. The van der Waals surface area contributed by atoms with Crippen molar-refractivity contribution in [1.82, 2.24) is 10.0 Å². The van der Waals surface area contributed by atoms with Gasteiger partial charge in [-0.25, -0.2) is 13.1 Å². The Morgan fingerprint density at radius 2 is 1.95 bits per heavy atom. The molecule has 1 aromatic carbocycles. The lowest BCUT2D eigenvalue weighted by atomic mass is 9.97. The molecule has 1 aliphatic heterocycles. The molecule has 1 fully saturated rings. The van der Waals surface area contributed by atoms with Crippen LogP contribution in [0.15, 0.2) is 29.2 Å². The predicted octanol–water partition coefficient (Wildman–Crippen LogP) is 0.527. The van der Waals surface area contributed by atoms with Crippen LogP contribution in [0.2, 0.25) is 5.02 Å². The van der Waals surface area contributed by atoms with E-state index in [0.717, 1.165) is 0 Å². The first kappa shape index (κ1) is 14.8. The van der Waals surface area contributed by atoms with Crippen molar-refractivity contribution in [2.24, 2.45) is 11.8 Å². The van der Waals surface area contributed by atoms with Crippen molar-refractivity contribution in [3.05, 3.63) is 29.3 Å². The van der Waals surface area contributed by atoms with Gasteiger partial charge in [0, 0.05) is 11.6 Å². The van der Waals surface area contributed by atoms with E-state index in [9.17, 15) is 18.0 Å².